The van der Waals surface area contributed by atoms with Crippen LogP contribution in [0.2, 0.25) is 10.0 Å². The van der Waals surface area contributed by atoms with Crippen molar-refractivity contribution < 1.29 is 4.79 Å². The van der Waals surface area contributed by atoms with Crippen LogP contribution in [0, 0.1) is 0 Å². The lowest BCUT2D eigenvalue weighted by molar-refractivity contribution is 0.0952. The van der Waals surface area contributed by atoms with Gasteiger partial charge in [-0.2, -0.15) is 0 Å². The van der Waals surface area contributed by atoms with Gasteiger partial charge in [0, 0.05) is 18.1 Å². The van der Waals surface area contributed by atoms with E-state index in [0.717, 1.165) is 12.8 Å². The molecule has 1 aliphatic rings. The zero-order chi connectivity index (χ0) is 11.7. The first kappa shape index (κ1) is 11.6. The van der Waals surface area contributed by atoms with Crippen LogP contribution < -0.4 is 10.6 Å². The number of hydrogen-bond donors (Lipinski definition) is 2. The molecule has 1 aromatic rings. The first-order valence-corrected chi connectivity index (χ1v) is 5.85. The van der Waals surface area contributed by atoms with E-state index in [1.165, 1.54) is 0 Å². The minimum Gasteiger partial charge on any atom is -0.386 e. The van der Waals surface area contributed by atoms with E-state index in [1.807, 2.05) is 0 Å². The van der Waals surface area contributed by atoms with Crippen LogP contribution in [0.15, 0.2) is 12.1 Å². The minimum absolute atomic E-state index is 0.128. The molecule has 0 spiro atoms. The average molecular weight is 259 g/mol. The van der Waals surface area contributed by atoms with Crippen molar-refractivity contribution in [2.75, 3.05) is 12.4 Å². The molecule has 3 nitrogen and oxygen atoms in total. The Bertz CT molecular complexity index is 430. The van der Waals surface area contributed by atoms with Gasteiger partial charge in [-0.15, -0.1) is 0 Å². The van der Waals surface area contributed by atoms with Gasteiger partial charge < -0.3 is 10.6 Å². The number of nitrogens with one attached hydrogen (secondary N) is 2. The number of amides is 1. The molecule has 0 heterocycles. The van der Waals surface area contributed by atoms with Crippen LogP contribution in [0.1, 0.15) is 23.2 Å². The van der Waals surface area contributed by atoms with Crippen molar-refractivity contribution in [2.45, 2.75) is 18.9 Å². The number of carbonyl (C=O) groups is 1. The monoisotopic (exact) mass is 258 g/mol. The van der Waals surface area contributed by atoms with Gasteiger partial charge in [0.2, 0.25) is 0 Å². The molecule has 0 aromatic heterocycles. The van der Waals surface area contributed by atoms with Crippen LogP contribution in [0.25, 0.3) is 0 Å². The molecule has 1 aromatic carbocycles. The summed E-state index contributed by atoms with van der Waals surface area (Å²) in [5.41, 5.74) is 1.11. The highest BCUT2D eigenvalue weighted by molar-refractivity contribution is 6.37. The van der Waals surface area contributed by atoms with E-state index in [-0.39, 0.29) is 5.91 Å². The summed E-state index contributed by atoms with van der Waals surface area (Å²) in [6.45, 7) is 0. The molecule has 16 heavy (non-hydrogen) atoms. The van der Waals surface area contributed by atoms with Crippen LogP contribution >= 0.6 is 23.2 Å². The Hall–Kier alpha value is -0.930. The second-order valence-corrected chi connectivity index (χ2v) is 4.65. The van der Waals surface area contributed by atoms with E-state index in [4.69, 9.17) is 23.2 Å². The normalized spacial score (nSPS) is 14.7. The number of anilines is 1. The molecule has 2 N–H and O–H groups in total. The maximum Gasteiger partial charge on any atom is 0.253 e. The van der Waals surface area contributed by atoms with Gasteiger partial charge in [-0.1, -0.05) is 23.2 Å². The second-order valence-electron chi connectivity index (χ2n) is 3.81. The largest absolute Gasteiger partial charge is 0.386 e. The predicted octanol–water partition coefficient (Wildman–Crippen LogP) is 2.93. The Labute approximate surface area is 104 Å². The Morgan fingerprint density at radius 2 is 2.06 bits per heavy atom. The van der Waals surface area contributed by atoms with Crippen LogP contribution in [0.4, 0.5) is 5.69 Å². The Balaban J connectivity index is 2.32. The van der Waals surface area contributed by atoms with Crippen molar-refractivity contribution in [3.8, 4) is 0 Å². The van der Waals surface area contributed by atoms with Gasteiger partial charge in [0.25, 0.3) is 5.91 Å². The molecule has 0 radical (unpaired) electrons. The standard InChI is InChI=1S/C11H12Cl2N2O/c1-14-10-8(4-6(12)5-9(10)13)11(16)15-7-2-3-7/h4-5,7,14H,2-3H2,1H3,(H,15,16). The van der Waals surface area contributed by atoms with Crippen molar-refractivity contribution in [3.05, 3.63) is 27.7 Å². The molecular weight excluding hydrogens is 247 g/mol. The van der Waals surface area contributed by atoms with Crippen LogP contribution in [0.5, 0.6) is 0 Å². The average Bonchev–Trinajstić information content (AvgIpc) is 3.00. The Morgan fingerprint density at radius 3 is 2.62 bits per heavy atom. The first-order chi connectivity index (χ1) is 7.61. The van der Waals surface area contributed by atoms with Gasteiger partial charge in [-0.05, 0) is 25.0 Å². The molecule has 1 amide bonds. The topological polar surface area (TPSA) is 41.1 Å². The van der Waals surface area contributed by atoms with Gasteiger partial charge in [0.05, 0.1) is 16.3 Å². The number of benzene rings is 1. The molecule has 0 bridgehead atoms. The molecule has 0 aliphatic heterocycles. The molecule has 2 rings (SSSR count). The number of rotatable bonds is 3. The number of halogens is 2. The summed E-state index contributed by atoms with van der Waals surface area (Å²) in [5.74, 6) is -0.128. The number of carbonyl (C=O) groups excluding carboxylic acids is 1. The van der Waals surface area contributed by atoms with Crippen LogP contribution in [-0.4, -0.2) is 19.0 Å². The quantitative estimate of drug-likeness (QED) is 0.876. The van der Waals surface area contributed by atoms with E-state index < -0.39 is 0 Å². The predicted molar refractivity (Wildman–Crippen MR) is 66.5 cm³/mol. The molecule has 0 atom stereocenters. The van der Waals surface area contributed by atoms with E-state index in [0.29, 0.717) is 27.3 Å². The molecule has 86 valence electrons. The Kier molecular flexibility index (Phi) is 3.26. The minimum atomic E-state index is -0.128. The highest BCUT2D eigenvalue weighted by atomic mass is 35.5. The molecule has 5 heteroatoms. The fraction of sp³-hybridized carbons (Fsp3) is 0.364. The summed E-state index contributed by atoms with van der Waals surface area (Å²) in [5, 5.41) is 6.73. The first-order valence-electron chi connectivity index (χ1n) is 5.09. The summed E-state index contributed by atoms with van der Waals surface area (Å²) < 4.78 is 0. The van der Waals surface area contributed by atoms with Gasteiger partial charge in [-0.25, -0.2) is 0 Å². The third-order valence-electron chi connectivity index (χ3n) is 2.46. The van der Waals surface area contributed by atoms with Gasteiger partial charge in [-0.3, -0.25) is 4.79 Å². The maximum absolute atomic E-state index is 11.9. The summed E-state index contributed by atoms with van der Waals surface area (Å²) in [7, 11) is 1.73. The fourth-order valence-corrected chi connectivity index (χ4v) is 2.09. The van der Waals surface area contributed by atoms with Gasteiger partial charge in [0.1, 0.15) is 0 Å². The van der Waals surface area contributed by atoms with E-state index >= 15 is 0 Å². The van der Waals surface area contributed by atoms with Crippen molar-refractivity contribution in [3.63, 3.8) is 0 Å². The van der Waals surface area contributed by atoms with Crippen LogP contribution in [0.3, 0.4) is 0 Å². The van der Waals surface area contributed by atoms with Crippen molar-refractivity contribution >= 4 is 34.8 Å². The summed E-state index contributed by atoms with van der Waals surface area (Å²) in [4.78, 5) is 11.9. The fourth-order valence-electron chi connectivity index (χ4n) is 1.50. The SMILES string of the molecule is CNc1c(Cl)cc(Cl)cc1C(=O)NC1CC1. The summed E-state index contributed by atoms with van der Waals surface area (Å²) in [6.07, 6.45) is 2.10. The molecule has 0 unspecified atom stereocenters. The van der Waals surface area contributed by atoms with Crippen molar-refractivity contribution in [1.29, 1.82) is 0 Å². The smallest absolute Gasteiger partial charge is 0.253 e. The summed E-state index contributed by atoms with van der Waals surface area (Å²) >= 11 is 11.9. The Morgan fingerprint density at radius 1 is 1.38 bits per heavy atom. The lowest BCUT2D eigenvalue weighted by Crippen LogP contribution is -2.26. The van der Waals surface area contributed by atoms with Crippen molar-refractivity contribution in [1.82, 2.24) is 5.32 Å². The highest BCUT2D eigenvalue weighted by Crippen LogP contribution is 2.30. The van der Waals surface area contributed by atoms with Gasteiger partial charge in [0.15, 0.2) is 0 Å². The summed E-state index contributed by atoms with van der Waals surface area (Å²) in [6, 6.07) is 3.55. The van der Waals surface area contributed by atoms with E-state index in [2.05, 4.69) is 10.6 Å². The number of hydrogen-bond acceptors (Lipinski definition) is 2. The van der Waals surface area contributed by atoms with Crippen molar-refractivity contribution in [2.24, 2.45) is 0 Å². The third-order valence-corrected chi connectivity index (χ3v) is 2.98. The molecule has 0 saturated heterocycles. The molecule has 1 fully saturated rings. The molecule has 1 saturated carbocycles. The molecule has 1 aliphatic carbocycles. The lowest BCUT2D eigenvalue weighted by atomic mass is 10.1. The lowest BCUT2D eigenvalue weighted by Gasteiger charge is -2.11. The highest BCUT2D eigenvalue weighted by Gasteiger charge is 2.25. The van der Waals surface area contributed by atoms with Crippen LogP contribution in [-0.2, 0) is 0 Å². The zero-order valence-corrected chi connectivity index (χ0v) is 10.3. The van der Waals surface area contributed by atoms with E-state index in [9.17, 15) is 4.79 Å². The zero-order valence-electron chi connectivity index (χ0n) is 8.81. The maximum atomic E-state index is 11.9. The third kappa shape index (κ3) is 2.42. The molecular formula is C11H12Cl2N2O. The van der Waals surface area contributed by atoms with Gasteiger partial charge >= 0.3 is 0 Å². The van der Waals surface area contributed by atoms with E-state index in [1.54, 1.807) is 19.2 Å². The second kappa shape index (κ2) is 4.52.